The molecule has 3 aromatic carbocycles. The zero-order valence-electron chi connectivity index (χ0n) is 19.7. The van der Waals surface area contributed by atoms with Crippen molar-refractivity contribution in [3.8, 4) is 0 Å². The largest absolute Gasteiger partial charge is 0.416 e. The molecule has 15 heteroatoms. The Labute approximate surface area is 239 Å². The highest BCUT2D eigenvalue weighted by molar-refractivity contribution is 8.18. The van der Waals surface area contributed by atoms with Gasteiger partial charge in [-0.25, -0.2) is 8.42 Å². The summed E-state index contributed by atoms with van der Waals surface area (Å²) in [7, 11) is -4.45. The molecule has 0 aromatic heterocycles. The lowest BCUT2D eigenvalue weighted by molar-refractivity contribution is -0.137. The predicted octanol–water partition coefficient (Wildman–Crippen LogP) is 6.05. The van der Waals surface area contributed by atoms with Gasteiger partial charge in [-0.05, 0) is 65.9 Å². The quantitative estimate of drug-likeness (QED) is 0.333. The number of benzene rings is 3. The van der Waals surface area contributed by atoms with Gasteiger partial charge in [-0.1, -0.05) is 35.3 Å². The van der Waals surface area contributed by atoms with Gasteiger partial charge in [0.2, 0.25) is 0 Å². The molecular formula is C25H14Cl2F3N3O5S2. The van der Waals surface area contributed by atoms with Crippen molar-refractivity contribution in [3.63, 3.8) is 0 Å². The van der Waals surface area contributed by atoms with E-state index in [2.05, 4.69) is 10.0 Å². The van der Waals surface area contributed by atoms with E-state index < -0.39 is 38.8 Å². The van der Waals surface area contributed by atoms with E-state index in [1.807, 2.05) is 0 Å². The molecule has 0 saturated carbocycles. The van der Waals surface area contributed by atoms with Gasteiger partial charge in [0.25, 0.3) is 27.1 Å². The van der Waals surface area contributed by atoms with Crippen LogP contribution in [0, 0.1) is 0 Å². The summed E-state index contributed by atoms with van der Waals surface area (Å²) in [4.78, 5) is 38.6. The molecule has 0 bridgehead atoms. The van der Waals surface area contributed by atoms with E-state index in [4.69, 9.17) is 23.2 Å². The second kappa shape index (κ2) is 10.1. The van der Waals surface area contributed by atoms with Gasteiger partial charge in [-0.15, -0.1) is 0 Å². The van der Waals surface area contributed by atoms with Gasteiger partial charge in [0.05, 0.1) is 43.2 Å². The summed E-state index contributed by atoms with van der Waals surface area (Å²) < 4.78 is 67.7. The second-order valence-corrected chi connectivity index (χ2v) is 12.0. The molecule has 8 nitrogen and oxygen atoms in total. The number of hydrogen-bond donors (Lipinski definition) is 2. The number of imide groups is 1. The van der Waals surface area contributed by atoms with Crippen LogP contribution in [-0.4, -0.2) is 25.5 Å². The normalized spacial score (nSPS) is 17.3. The maximum absolute atomic E-state index is 13.6. The van der Waals surface area contributed by atoms with E-state index in [0.717, 1.165) is 24.3 Å². The molecule has 2 aliphatic rings. The maximum atomic E-state index is 13.6. The lowest BCUT2D eigenvalue weighted by Crippen LogP contribution is -2.26. The number of rotatable bonds is 5. The Morgan fingerprint density at radius 2 is 1.70 bits per heavy atom. The molecule has 1 saturated heterocycles. The number of carbonyl (C=O) groups excluding carboxylic acids is 3. The highest BCUT2D eigenvalue weighted by atomic mass is 35.5. The molecule has 2 heterocycles. The van der Waals surface area contributed by atoms with Crippen molar-refractivity contribution in [2.75, 3.05) is 9.62 Å². The average molecular weight is 628 g/mol. The van der Waals surface area contributed by atoms with Gasteiger partial charge in [0, 0.05) is 11.3 Å². The average Bonchev–Trinajstić information content (AvgIpc) is 3.34. The molecule has 1 fully saturated rings. The van der Waals surface area contributed by atoms with E-state index >= 15 is 0 Å². The van der Waals surface area contributed by atoms with Crippen molar-refractivity contribution >= 4 is 79.0 Å². The minimum atomic E-state index is -4.69. The molecule has 2 aliphatic heterocycles. The van der Waals surface area contributed by atoms with Crippen LogP contribution in [0.5, 0.6) is 0 Å². The van der Waals surface area contributed by atoms with Crippen LogP contribution in [0.4, 0.5) is 29.3 Å². The molecule has 0 atom stereocenters. The van der Waals surface area contributed by atoms with Crippen molar-refractivity contribution in [2.24, 2.45) is 0 Å². The first kappa shape index (κ1) is 28.0. The van der Waals surface area contributed by atoms with Crippen LogP contribution in [0.3, 0.4) is 0 Å². The molecule has 206 valence electrons. The van der Waals surface area contributed by atoms with Crippen LogP contribution in [-0.2, 0) is 32.3 Å². The molecule has 0 unspecified atom stereocenters. The third kappa shape index (κ3) is 5.29. The number of nitrogens with zero attached hydrogens (tertiary/aromatic N) is 1. The van der Waals surface area contributed by atoms with Crippen molar-refractivity contribution in [1.82, 2.24) is 5.32 Å². The van der Waals surface area contributed by atoms with Gasteiger partial charge in [-0.2, -0.15) is 13.2 Å². The fourth-order valence-corrected chi connectivity index (χ4v) is 6.29. The summed E-state index contributed by atoms with van der Waals surface area (Å²) in [5, 5.41) is 1.89. The summed E-state index contributed by atoms with van der Waals surface area (Å²) in [5.41, 5.74) is -0.718. The second-order valence-electron chi connectivity index (χ2n) is 8.55. The number of sulfonamides is 1. The van der Waals surface area contributed by atoms with Crippen LogP contribution in [0.2, 0.25) is 10.0 Å². The summed E-state index contributed by atoms with van der Waals surface area (Å²) >= 11 is 12.6. The molecule has 0 spiro atoms. The topological polar surface area (TPSA) is 113 Å². The lowest BCUT2D eigenvalue weighted by atomic mass is 10.1. The minimum absolute atomic E-state index is 0.0334. The van der Waals surface area contributed by atoms with Gasteiger partial charge >= 0.3 is 6.18 Å². The number of halogens is 5. The fraction of sp³-hybridized carbons (Fsp3) is 0.0800. The fourth-order valence-electron chi connectivity index (χ4n) is 4.13. The van der Waals surface area contributed by atoms with Crippen molar-refractivity contribution in [1.29, 1.82) is 0 Å². The molecular weight excluding hydrogens is 614 g/mol. The van der Waals surface area contributed by atoms with Crippen LogP contribution >= 0.6 is 35.0 Å². The third-order valence-corrected chi connectivity index (χ3v) is 8.91. The summed E-state index contributed by atoms with van der Waals surface area (Å²) in [6.45, 7) is -0.0334. The Morgan fingerprint density at radius 1 is 0.950 bits per heavy atom. The van der Waals surface area contributed by atoms with E-state index in [1.54, 1.807) is 12.1 Å². The summed E-state index contributed by atoms with van der Waals surface area (Å²) in [6.07, 6.45) is -4.69. The third-order valence-electron chi connectivity index (χ3n) is 5.91. The van der Waals surface area contributed by atoms with Gasteiger partial charge in [0.1, 0.15) is 0 Å². The Bertz CT molecular complexity index is 1760. The van der Waals surface area contributed by atoms with E-state index in [1.165, 1.54) is 23.1 Å². The van der Waals surface area contributed by atoms with Gasteiger partial charge in [-0.3, -0.25) is 24.4 Å². The number of anilines is 2. The monoisotopic (exact) mass is 627 g/mol. The Kier molecular flexibility index (Phi) is 7.11. The number of thioether (sulfide) groups is 1. The van der Waals surface area contributed by atoms with Crippen LogP contribution in [0.25, 0.3) is 5.57 Å². The Balaban J connectivity index is 1.58. The molecule has 0 radical (unpaired) electrons. The van der Waals surface area contributed by atoms with E-state index in [-0.39, 0.29) is 43.9 Å². The van der Waals surface area contributed by atoms with Crippen molar-refractivity contribution < 1.29 is 36.0 Å². The first-order valence-electron chi connectivity index (χ1n) is 11.1. The van der Waals surface area contributed by atoms with Crippen LogP contribution < -0.4 is 14.9 Å². The lowest BCUT2D eigenvalue weighted by Gasteiger charge is -2.18. The molecule has 3 amide bonds. The summed E-state index contributed by atoms with van der Waals surface area (Å²) in [5.74, 6) is -1.50. The first-order chi connectivity index (χ1) is 18.7. The molecule has 0 aliphatic carbocycles. The van der Waals surface area contributed by atoms with Gasteiger partial charge < -0.3 is 4.90 Å². The molecule has 5 rings (SSSR count). The highest BCUT2D eigenvalue weighted by Gasteiger charge is 2.41. The Hall–Kier alpha value is -3.52. The number of carbonyl (C=O) groups is 3. The SMILES string of the molecule is O=C1NC(=O)/C(=C2/C(=O)N(Cc3ccc(Cl)c(Cl)c3)c3ccc(S(=O)(=O)Nc4cccc(C(F)(F)F)c4)cc32)S1. The van der Waals surface area contributed by atoms with Crippen LogP contribution in [0.15, 0.2) is 70.5 Å². The van der Waals surface area contributed by atoms with E-state index in [9.17, 15) is 36.0 Å². The number of hydrogen-bond acceptors (Lipinski definition) is 6. The van der Waals surface area contributed by atoms with Crippen LogP contribution in [0.1, 0.15) is 16.7 Å². The number of amides is 3. The van der Waals surface area contributed by atoms with Gasteiger partial charge in [0.15, 0.2) is 0 Å². The highest BCUT2D eigenvalue weighted by Crippen LogP contribution is 2.44. The first-order valence-corrected chi connectivity index (χ1v) is 14.2. The zero-order chi connectivity index (χ0) is 29.0. The molecule has 2 N–H and O–H groups in total. The smallest absolute Gasteiger partial charge is 0.303 e. The standard InChI is InChI=1S/C25H14Cl2F3N3O5S2/c26-17-6-4-12(8-18(17)27)11-33-19-7-5-15(10-16(19)20(23(33)35)21-22(34)31-24(36)39-21)40(37,38)32-14-3-1-2-13(9-14)25(28,29)30/h1-10,32H,11H2,(H,31,34,36)/b21-20-. The minimum Gasteiger partial charge on any atom is -0.303 e. The van der Waals surface area contributed by atoms with E-state index in [0.29, 0.717) is 28.4 Å². The van der Waals surface area contributed by atoms with Crippen molar-refractivity contribution in [2.45, 2.75) is 17.6 Å². The number of fused-ring (bicyclic) bond motifs is 1. The molecule has 3 aromatic rings. The summed E-state index contributed by atoms with van der Waals surface area (Å²) in [6, 6.07) is 12.0. The van der Waals surface area contributed by atoms with Crippen molar-refractivity contribution in [3.05, 3.63) is 92.3 Å². The maximum Gasteiger partial charge on any atom is 0.416 e. The number of nitrogens with one attached hydrogen (secondary N) is 2. The number of alkyl halides is 3. The Morgan fingerprint density at radius 3 is 2.35 bits per heavy atom. The predicted molar refractivity (Wildman–Crippen MR) is 144 cm³/mol. The zero-order valence-corrected chi connectivity index (χ0v) is 22.8. The molecule has 40 heavy (non-hydrogen) atoms.